The second-order valence-electron chi connectivity index (χ2n) is 12.0. The summed E-state index contributed by atoms with van der Waals surface area (Å²) in [6.07, 6.45) is 2.97. The van der Waals surface area contributed by atoms with Gasteiger partial charge in [-0.3, -0.25) is 14.4 Å². The van der Waals surface area contributed by atoms with E-state index < -0.39 is 17.3 Å². The number of hydrogen-bond donors (Lipinski definition) is 3. The summed E-state index contributed by atoms with van der Waals surface area (Å²) < 4.78 is 20.2. The van der Waals surface area contributed by atoms with Gasteiger partial charge in [-0.25, -0.2) is 4.39 Å². The summed E-state index contributed by atoms with van der Waals surface area (Å²) in [7, 11) is 3.16. The summed E-state index contributed by atoms with van der Waals surface area (Å²) in [4.78, 5) is 40.1. The molecule has 1 saturated heterocycles. The van der Waals surface area contributed by atoms with Crippen LogP contribution in [0.3, 0.4) is 0 Å². The molecule has 3 amide bonds. The summed E-state index contributed by atoms with van der Waals surface area (Å²) >= 11 is 0. The first-order valence-corrected chi connectivity index (χ1v) is 16.0. The van der Waals surface area contributed by atoms with E-state index in [9.17, 15) is 24.0 Å². The van der Waals surface area contributed by atoms with Crippen LogP contribution in [0.4, 0.5) is 4.39 Å². The van der Waals surface area contributed by atoms with Crippen LogP contribution >= 0.6 is 0 Å². The van der Waals surface area contributed by atoms with Crippen LogP contribution in [0.2, 0.25) is 0 Å². The van der Waals surface area contributed by atoms with Gasteiger partial charge in [0.2, 0.25) is 17.7 Å². The van der Waals surface area contributed by atoms with Crippen molar-refractivity contribution in [1.82, 2.24) is 31.0 Å². The van der Waals surface area contributed by atoms with Gasteiger partial charge in [0, 0.05) is 37.3 Å². The molecule has 0 unspecified atom stereocenters. The molecule has 6 rings (SSSR count). The molecule has 4 aromatic rings. The number of amides is 3. The Morgan fingerprint density at radius 1 is 0.958 bits per heavy atom. The van der Waals surface area contributed by atoms with Crippen molar-refractivity contribution in [2.75, 3.05) is 33.7 Å². The van der Waals surface area contributed by atoms with Crippen molar-refractivity contribution in [2.24, 2.45) is 0 Å². The summed E-state index contributed by atoms with van der Waals surface area (Å²) in [6, 6.07) is 18.7. The summed E-state index contributed by atoms with van der Waals surface area (Å²) in [6.45, 7) is 0.946. The third-order valence-electron chi connectivity index (χ3n) is 9.33. The minimum Gasteiger partial charge on any atom is -0.419 e. The lowest BCUT2D eigenvalue weighted by atomic mass is 9.69. The maximum absolute atomic E-state index is 13.8. The van der Waals surface area contributed by atoms with Gasteiger partial charge >= 0.3 is 0 Å². The molecule has 48 heavy (non-hydrogen) atoms. The molecule has 1 aliphatic heterocycles. The maximum Gasteiger partial charge on any atom is 0.251 e. The lowest BCUT2D eigenvalue weighted by molar-refractivity contribution is -0.130. The Balaban J connectivity index is 1.47. The quantitative estimate of drug-likeness (QED) is 0.233. The Bertz CT molecular complexity index is 1830. The highest BCUT2D eigenvalue weighted by atomic mass is 19.1. The zero-order valence-electron chi connectivity index (χ0n) is 26.8. The molecule has 246 valence electrons. The maximum atomic E-state index is 13.8. The van der Waals surface area contributed by atoms with E-state index in [-0.39, 0.29) is 36.0 Å². The van der Waals surface area contributed by atoms with E-state index in [2.05, 4.69) is 32.2 Å². The topological polar surface area (TPSA) is 153 Å². The molecule has 3 N–H and O–H groups in total. The van der Waals surface area contributed by atoms with Crippen LogP contribution in [-0.4, -0.2) is 72.6 Å². The van der Waals surface area contributed by atoms with Crippen LogP contribution in [0.5, 0.6) is 0 Å². The van der Waals surface area contributed by atoms with Gasteiger partial charge in [-0.1, -0.05) is 12.1 Å². The zero-order valence-corrected chi connectivity index (χ0v) is 26.8. The van der Waals surface area contributed by atoms with Gasteiger partial charge in [0.1, 0.15) is 17.3 Å². The van der Waals surface area contributed by atoms with Gasteiger partial charge in [0.15, 0.2) is 0 Å². The Hall–Kier alpha value is -5.41. The van der Waals surface area contributed by atoms with Crippen LogP contribution in [0.25, 0.3) is 11.5 Å². The molecule has 2 heterocycles. The van der Waals surface area contributed by atoms with Crippen molar-refractivity contribution < 1.29 is 23.2 Å². The second-order valence-corrected chi connectivity index (χ2v) is 12.0. The fourth-order valence-electron chi connectivity index (χ4n) is 6.90. The fourth-order valence-corrected chi connectivity index (χ4v) is 6.90. The van der Waals surface area contributed by atoms with Gasteiger partial charge in [0.05, 0.1) is 12.6 Å². The van der Waals surface area contributed by atoms with Crippen LogP contribution < -0.4 is 16.0 Å². The van der Waals surface area contributed by atoms with E-state index >= 15 is 0 Å². The molecule has 1 atom stereocenters. The van der Waals surface area contributed by atoms with Gasteiger partial charge in [0.25, 0.3) is 11.8 Å². The smallest absolute Gasteiger partial charge is 0.251 e. The number of aromatic nitrogens is 2. The Morgan fingerprint density at radius 2 is 1.58 bits per heavy atom. The largest absolute Gasteiger partial charge is 0.419 e. The first-order valence-electron chi connectivity index (χ1n) is 16.0. The molecule has 0 saturated carbocycles. The molecule has 1 aliphatic carbocycles. The van der Waals surface area contributed by atoms with Gasteiger partial charge in [-0.15, -0.1) is 10.2 Å². The highest BCUT2D eigenvalue weighted by Gasteiger charge is 2.45. The first-order chi connectivity index (χ1) is 23.3. The van der Waals surface area contributed by atoms with Crippen LogP contribution in [0.1, 0.15) is 68.1 Å². The molecule has 11 nitrogen and oxygen atoms in total. The molecular formula is C36H36FN7O4. The predicted octanol–water partition coefficient (Wildman–Crippen LogP) is 3.52. The third kappa shape index (κ3) is 6.04. The number of aryl methyl sites for hydroxylation is 2. The van der Waals surface area contributed by atoms with Crippen LogP contribution in [0.15, 0.2) is 65.1 Å². The number of nitrogens with one attached hydrogen (secondary N) is 3. The van der Waals surface area contributed by atoms with Crippen LogP contribution in [0, 0.1) is 17.1 Å². The number of benzene rings is 3. The number of carbonyl (C=O) groups excluding carboxylic acids is 3. The molecular weight excluding hydrogens is 613 g/mol. The number of likely N-dealkylation sites (tertiary alicyclic amines) is 1. The van der Waals surface area contributed by atoms with Gasteiger partial charge < -0.3 is 25.3 Å². The Kier molecular flexibility index (Phi) is 9.32. The minimum absolute atomic E-state index is 0.0455. The normalized spacial score (nSPS) is 16.3. The van der Waals surface area contributed by atoms with Crippen molar-refractivity contribution in [3.05, 3.63) is 106 Å². The zero-order chi connectivity index (χ0) is 33.8. The average molecular weight is 650 g/mol. The molecule has 12 heteroatoms. The number of fused-ring (bicyclic) bond motifs is 2. The monoisotopic (exact) mass is 649 g/mol. The van der Waals surface area contributed by atoms with E-state index in [1.807, 2.05) is 24.3 Å². The van der Waals surface area contributed by atoms with E-state index in [4.69, 9.17) is 4.42 Å². The molecule has 0 bridgehead atoms. The number of nitriles is 1. The fraction of sp³-hybridized carbons (Fsp3) is 0.333. The van der Waals surface area contributed by atoms with Crippen molar-refractivity contribution in [3.8, 4) is 17.5 Å². The minimum atomic E-state index is -1.06. The predicted molar refractivity (Wildman–Crippen MR) is 174 cm³/mol. The number of carbonyl (C=O) groups is 3. The lowest BCUT2D eigenvalue weighted by Crippen LogP contribution is -2.42. The van der Waals surface area contributed by atoms with Gasteiger partial charge in [-0.05, 0) is 109 Å². The lowest BCUT2D eigenvalue weighted by Gasteiger charge is -2.34. The molecule has 2 aliphatic rings. The number of rotatable bonds is 9. The summed E-state index contributed by atoms with van der Waals surface area (Å²) in [5.74, 6) is -0.487. The third-order valence-corrected chi connectivity index (χ3v) is 9.33. The molecule has 1 aromatic heterocycles. The van der Waals surface area contributed by atoms with Crippen molar-refractivity contribution in [2.45, 2.75) is 43.6 Å². The SMILES string of the molecule is CNC(=O)c1ccc2c(c1)CCc1cc(C(=O)NC)ccc1C2(CCNCC(=O)N1CCC[C@H]1C#N)c1nnc(-c2ccc(F)cc2)o1. The molecule has 0 spiro atoms. The molecule has 1 fully saturated rings. The summed E-state index contributed by atoms with van der Waals surface area (Å²) in [5, 5.41) is 27.1. The highest BCUT2D eigenvalue weighted by Crippen LogP contribution is 2.47. The number of nitrogens with zero attached hydrogens (tertiary/aromatic N) is 4. The van der Waals surface area contributed by atoms with Crippen molar-refractivity contribution in [1.29, 1.82) is 5.26 Å². The second kappa shape index (κ2) is 13.8. The Morgan fingerprint density at radius 3 is 2.17 bits per heavy atom. The standard InChI is InChI=1S/C36H36FN7O4/c1-39-32(46)25-9-13-29-23(18-25)5-6-24-19-26(33(47)40-2)10-14-30(24)36(29,15-16-41-21-31(45)44-17-3-4-28(44)20-38)35-43-42-34(48-35)22-7-11-27(37)12-8-22/h7-14,18-19,28,41H,3-6,15-17,21H2,1-2H3,(H,39,46)(H,40,47)/t28-/m0/s1. The van der Waals surface area contributed by atoms with E-state index in [0.29, 0.717) is 55.5 Å². The molecule has 0 radical (unpaired) electrons. The van der Waals surface area contributed by atoms with Crippen LogP contribution in [-0.2, 0) is 23.1 Å². The first kappa shape index (κ1) is 32.5. The van der Waals surface area contributed by atoms with Crippen molar-refractivity contribution >= 4 is 17.7 Å². The summed E-state index contributed by atoms with van der Waals surface area (Å²) in [5.41, 5.74) is 4.00. The molecule has 3 aromatic carbocycles. The average Bonchev–Trinajstić information content (AvgIpc) is 3.79. The van der Waals surface area contributed by atoms with Gasteiger partial charge in [-0.2, -0.15) is 5.26 Å². The Labute approximate surface area is 277 Å². The van der Waals surface area contributed by atoms with E-state index in [1.54, 1.807) is 43.3 Å². The number of hydrogen-bond acceptors (Lipinski definition) is 8. The highest BCUT2D eigenvalue weighted by molar-refractivity contribution is 5.95. The van der Waals surface area contributed by atoms with Crippen molar-refractivity contribution in [3.63, 3.8) is 0 Å². The van der Waals surface area contributed by atoms with E-state index in [1.165, 1.54) is 12.1 Å². The van der Waals surface area contributed by atoms with E-state index in [0.717, 1.165) is 28.7 Å². The number of halogens is 1.